The summed E-state index contributed by atoms with van der Waals surface area (Å²) in [5.41, 5.74) is 2.04. The highest BCUT2D eigenvalue weighted by Crippen LogP contribution is 2.39. The minimum absolute atomic E-state index is 0.187. The molecule has 2 amide bonds. The molecule has 1 saturated heterocycles. The quantitative estimate of drug-likeness (QED) is 0.302. The van der Waals surface area contributed by atoms with Crippen LogP contribution in [0.1, 0.15) is 37.0 Å². The highest BCUT2D eigenvalue weighted by molar-refractivity contribution is 9.10. The Morgan fingerprint density at radius 3 is 2.60 bits per heavy atom. The predicted molar refractivity (Wildman–Crippen MR) is 135 cm³/mol. The fraction of sp³-hybridized carbons (Fsp3) is 0.280. The second-order valence-electron chi connectivity index (χ2n) is 7.61. The smallest absolute Gasteiger partial charge is 0.326 e. The lowest BCUT2D eigenvalue weighted by Gasteiger charge is -2.15. The molecule has 1 fully saturated rings. The number of thioether (sulfide) groups is 1. The third-order valence-corrected chi connectivity index (χ3v) is 6.58. The Bertz CT molecular complexity index is 1210. The second-order valence-corrected chi connectivity index (χ2v) is 9.46. The summed E-state index contributed by atoms with van der Waals surface area (Å²) in [6.07, 6.45) is 1.90. The lowest BCUT2D eigenvalue weighted by molar-refractivity contribution is -0.150. The number of hydrogen-bond donors (Lipinski definition) is 0. The number of nitriles is 1. The van der Waals surface area contributed by atoms with Gasteiger partial charge in [0.2, 0.25) is 0 Å². The molecule has 3 rings (SSSR count). The molecule has 2 aromatic rings. The Morgan fingerprint density at radius 2 is 1.97 bits per heavy atom. The van der Waals surface area contributed by atoms with Gasteiger partial charge in [-0.3, -0.25) is 19.3 Å². The highest BCUT2D eigenvalue weighted by atomic mass is 79.9. The zero-order valence-corrected chi connectivity index (χ0v) is 21.8. The van der Waals surface area contributed by atoms with Crippen molar-refractivity contribution in [3.8, 4) is 17.6 Å². The molecule has 0 aliphatic carbocycles. The van der Waals surface area contributed by atoms with E-state index < -0.39 is 23.7 Å². The van der Waals surface area contributed by atoms with E-state index in [0.29, 0.717) is 33.5 Å². The van der Waals surface area contributed by atoms with Crippen LogP contribution in [0.3, 0.4) is 0 Å². The number of halogens is 1. The monoisotopic (exact) mass is 558 g/mol. The van der Waals surface area contributed by atoms with Crippen molar-refractivity contribution in [1.82, 2.24) is 4.90 Å². The first-order valence-electron chi connectivity index (χ1n) is 10.7. The molecule has 0 N–H and O–H groups in total. The molecule has 1 heterocycles. The van der Waals surface area contributed by atoms with Crippen molar-refractivity contribution in [3.05, 3.63) is 62.5 Å². The summed E-state index contributed by atoms with van der Waals surface area (Å²) in [6.45, 7) is 3.44. The van der Waals surface area contributed by atoms with Gasteiger partial charge in [-0.1, -0.05) is 19.1 Å². The van der Waals surface area contributed by atoms with Crippen molar-refractivity contribution in [2.75, 3.05) is 13.7 Å². The lowest BCUT2D eigenvalue weighted by atomic mass is 10.1. The molecular weight excluding hydrogens is 536 g/mol. The zero-order valence-electron chi connectivity index (χ0n) is 19.4. The van der Waals surface area contributed by atoms with Crippen LogP contribution in [0, 0.1) is 11.3 Å². The van der Waals surface area contributed by atoms with Crippen molar-refractivity contribution in [2.45, 2.75) is 33.0 Å². The second kappa shape index (κ2) is 11.9. The predicted octanol–water partition coefficient (Wildman–Crippen LogP) is 5.29. The van der Waals surface area contributed by atoms with E-state index in [2.05, 4.69) is 22.0 Å². The largest absolute Gasteiger partial charge is 0.493 e. The van der Waals surface area contributed by atoms with Crippen LogP contribution in [-0.4, -0.2) is 41.8 Å². The van der Waals surface area contributed by atoms with Crippen molar-refractivity contribution < 1.29 is 28.6 Å². The van der Waals surface area contributed by atoms with Crippen molar-refractivity contribution in [3.63, 3.8) is 0 Å². The van der Waals surface area contributed by atoms with Crippen LogP contribution in [-0.2, 0) is 20.9 Å². The van der Waals surface area contributed by atoms with Gasteiger partial charge in [-0.15, -0.1) is 0 Å². The normalized spacial score (nSPS) is 15.2. The van der Waals surface area contributed by atoms with Crippen LogP contribution in [0.5, 0.6) is 11.5 Å². The molecule has 1 aliphatic rings. The van der Waals surface area contributed by atoms with Gasteiger partial charge in [0, 0.05) is 0 Å². The molecule has 182 valence electrons. The number of carbonyl (C=O) groups excluding carboxylic acids is 3. The Labute approximate surface area is 216 Å². The van der Waals surface area contributed by atoms with E-state index in [1.54, 1.807) is 37.3 Å². The molecule has 35 heavy (non-hydrogen) atoms. The molecule has 2 aromatic carbocycles. The third-order valence-electron chi connectivity index (χ3n) is 5.08. The number of esters is 1. The fourth-order valence-electron chi connectivity index (χ4n) is 3.06. The molecule has 0 saturated carbocycles. The van der Waals surface area contributed by atoms with Crippen molar-refractivity contribution in [2.24, 2.45) is 0 Å². The zero-order chi connectivity index (χ0) is 25.5. The minimum Gasteiger partial charge on any atom is -0.493 e. The summed E-state index contributed by atoms with van der Waals surface area (Å²) in [5.74, 6) is -0.293. The molecule has 8 nitrogen and oxygen atoms in total. The van der Waals surface area contributed by atoms with Crippen LogP contribution >= 0.6 is 27.7 Å². The Morgan fingerprint density at radius 1 is 1.26 bits per heavy atom. The molecule has 0 unspecified atom stereocenters. The first kappa shape index (κ1) is 26.3. The number of carbonyl (C=O) groups is 3. The van der Waals surface area contributed by atoms with E-state index >= 15 is 0 Å². The van der Waals surface area contributed by atoms with Gasteiger partial charge in [0.05, 0.1) is 34.2 Å². The molecule has 1 atom stereocenters. The van der Waals surface area contributed by atoms with Gasteiger partial charge in [-0.05, 0) is 82.5 Å². The molecule has 0 radical (unpaired) electrons. The van der Waals surface area contributed by atoms with Gasteiger partial charge < -0.3 is 14.2 Å². The molecule has 1 aliphatic heterocycles. The van der Waals surface area contributed by atoms with Gasteiger partial charge >= 0.3 is 5.97 Å². The molecular formula is C25H23BrN2O6S. The summed E-state index contributed by atoms with van der Waals surface area (Å²) >= 11 is 4.24. The van der Waals surface area contributed by atoms with Gasteiger partial charge in [0.25, 0.3) is 11.1 Å². The van der Waals surface area contributed by atoms with E-state index in [1.807, 2.05) is 19.1 Å². The first-order valence-corrected chi connectivity index (χ1v) is 12.3. The van der Waals surface area contributed by atoms with Crippen LogP contribution in [0.2, 0.25) is 0 Å². The number of rotatable bonds is 9. The van der Waals surface area contributed by atoms with E-state index in [-0.39, 0.29) is 17.6 Å². The maximum Gasteiger partial charge on any atom is 0.326 e. The van der Waals surface area contributed by atoms with Gasteiger partial charge in [0.15, 0.2) is 11.5 Å². The van der Waals surface area contributed by atoms with Crippen LogP contribution in [0.15, 0.2) is 45.8 Å². The van der Waals surface area contributed by atoms with Crippen LogP contribution in [0.4, 0.5) is 4.79 Å². The average molecular weight is 559 g/mol. The lowest BCUT2D eigenvalue weighted by Crippen LogP contribution is -2.35. The number of amides is 2. The number of imide groups is 1. The Kier molecular flexibility index (Phi) is 8.95. The summed E-state index contributed by atoms with van der Waals surface area (Å²) in [5, 5.41) is 8.39. The van der Waals surface area contributed by atoms with E-state index in [0.717, 1.165) is 22.2 Å². The number of ether oxygens (including phenoxy) is 3. The SMILES string of the molecule is CC[C@@H](C)OC(=O)CN1C(=O)S/C(=C/c2cc(Br)c(OCc3ccc(C#N)cc3)c(OC)c2)C1=O. The highest BCUT2D eigenvalue weighted by Gasteiger charge is 2.37. The van der Waals surface area contributed by atoms with Gasteiger partial charge in [-0.2, -0.15) is 5.26 Å². The molecule has 0 bridgehead atoms. The first-order chi connectivity index (χ1) is 16.7. The maximum atomic E-state index is 12.7. The Hall–Kier alpha value is -3.29. The van der Waals surface area contributed by atoms with E-state index in [1.165, 1.54) is 7.11 Å². The number of nitrogens with zero attached hydrogens (tertiary/aromatic N) is 2. The van der Waals surface area contributed by atoms with Crippen molar-refractivity contribution >= 4 is 50.9 Å². The average Bonchev–Trinajstić information content (AvgIpc) is 3.10. The van der Waals surface area contributed by atoms with E-state index in [9.17, 15) is 14.4 Å². The maximum absolute atomic E-state index is 12.7. The summed E-state index contributed by atoms with van der Waals surface area (Å²) in [4.78, 5) is 38.2. The number of hydrogen-bond acceptors (Lipinski definition) is 8. The third kappa shape index (κ3) is 6.65. The summed E-state index contributed by atoms with van der Waals surface area (Å²) in [7, 11) is 1.50. The fourth-order valence-corrected chi connectivity index (χ4v) is 4.47. The van der Waals surface area contributed by atoms with E-state index in [4.69, 9.17) is 19.5 Å². The minimum atomic E-state index is -0.629. The summed E-state index contributed by atoms with van der Waals surface area (Å²) in [6, 6.07) is 12.5. The summed E-state index contributed by atoms with van der Waals surface area (Å²) < 4.78 is 17.2. The van der Waals surface area contributed by atoms with Gasteiger partial charge in [-0.25, -0.2) is 0 Å². The molecule has 0 aromatic heterocycles. The number of methoxy groups -OCH3 is 1. The Balaban J connectivity index is 1.75. The van der Waals surface area contributed by atoms with Gasteiger partial charge in [0.1, 0.15) is 13.2 Å². The molecule has 0 spiro atoms. The topological polar surface area (TPSA) is 106 Å². The molecule has 10 heteroatoms. The van der Waals surface area contributed by atoms with Crippen LogP contribution < -0.4 is 9.47 Å². The standard InChI is InChI=1S/C25H23BrN2O6S/c1-4-15(2)34-22(29)13-28-24(30)21(35-25(28)31)11-18-9-19(26)23(20(10-18)32-3)33-14-17-7-5-16(12-27)6-8-17/h5-11,15H,4,13-14H2,1-3H3/b21-11+/t15-/m1/s1. The van der Waals surface area contributed by atoms with Crippen molar-refractivity contribution in [1.29, 1.82) is 5.26 Å². The van der Waals surface area contributed by atoms with Crippen LogP contribution in [0.25, 0.3) is 6.08 Å². The number of benzene rings is 2.